The Labute approximate surface area is 69.2 Å². The van der Waals surface area contributed by atoms with Crippen LogP contribution < -0.4 is 0 Å². The highest BCUT2D eigenvalue weighted by Crippen LogP contribution is 2.24. The Kier molecular flexibility index (Phi) is 1.46. The molecule has 1 unspecified atom stereocenters. The molecule has 1 N–H and O–H groups in total. The summed E-state index contributed by atoms with van der Waals surface area (Å²) in [6.07, 6.45) is 3.59. The Bertz CT molecular complexity index is 341. The van der Waals surface area contributed by atoms with Gasteiger partial charge in [0, 0.05) is 11.9 Å². The summed E-state index contributed by atoms with van der Waals surface area (Å²) in [5.41, 5.74) is 0.956. The molecule has 1 aromatic heterocycles. The van der Waals surface area contributed by atoms with Crippen molar-refractivity contribution in [3.8, 4) is 0 Å². The Morgan fingerprint density at radius 3 is 3.33 bits per heavy atom. The summed E-state index contributed by atoms with van der Waals surface area (Å²) in [7, 11) is 0. The summed E-state index contributed by atoms with van der Waals surface area (Å²) in [6.45, 7) is 0. The fraction of sp³-hybridized carbons (Fsp3) is 0.250. The average Bonchev–Trinajstić information content (AvgIpc) is 2.52. The monoisotopic (exact) mass is 164 g/mol. The van der Waals surface area contributed by atoms with Gasteiger partial charge >= 0.3 is 5.97 Å². The van der Waals surface area contributed by atoms with E-state index in [1.54, 1.807) is 6.34 Å². The molecule has 0 aromatic carbocycles. The van der Waals surface area contributed by atoms with Crippen LogP contribution in [0.4, 0.5) is 0 Å². The maximum Gasteiger partial charge on any atom is 0.305 e. The highest BCUT2D eigenvalue weighted by molar-refractivity contribution is 5.71. The molecule has 0 radical (unpaired) electrons. The first kappa shape index (κ1) is 7.09. The van der Waals surface area contributed by atoms with E-state index in [1.807, 2.05) is 22.9 Å². The van der Waals surface area contributed by atoms with Gasteiger partial charge in [0.1, 0.15) is 6.04 Å². The predicted octanol–water partition coefficient (Wildman–Crippen LogP) is 0.894. The third-order valence-corrected chi connectivity index (χ3v) is 1.89. The van der Waals surface area contributed by atoms with Gasteiger partial charge < -0.3 is 9.67 Å². The molecule has 1 aromatic rings. The average molecular weight is 164 g/mol. The first-order valence-electron chi connectivity index (χ1n) is 3.69. The summed E-state index contributed by atoms with van der Waals surface area (Å²) >= 11 is 0. The van der Waals surface area contributed by atoms with Crippen molar-refractivity contribution in [2.75, 3.05) is 0 Å². The summed E-state index contributed by atoms with van der Waals surface area (Å²) in [5.74, 6) is -0.813. The van der Waals surface area contributed by atoms with Crippen LogP contribution in [-0.4, -0.2) is 22.0 Å². The van der Waals surface area contributed by atoms with Crippen LogP contribution in [0.5, 0.6) is 0 Å². The number of nitrogens with zero attached hydrogens (tertiary/aromatic N) is 2. The van der Waals surface area contributed by atoms with Crippen LogP contribution >= 0.6 is 0 Å². The van der Waals surface area contributed by atoms with Gasteiger partial charge in [-0.15, -0.1) is 0 Å². The van der Waals surface area contributed by atoms with E-state index >= 15 is 0 Å². The molecule has 1 aliphatic heterocycles. The molecule has 2 rings (SSSR count). The SMILES string of the molecule is O=C(O)CC1N=Cn2cccc21. The molecule has 0 saturated heterocycles. The second-order valence-corrected chi connectivity index (χ2v) is 2.72. The van der Waals surface area contributed by atoms with Gasteiger partial charge in [-0.2, -0.15) is 0 Å². The number of aliphatic imine (C=N–C) groups is 1. The fourth-order valence-corrected chi connectivity index (χ4v) is 1.35. The molecule has 0 saturated carbocycles. The largest absolute Gasteiger partial charge is 0.481 e. The number of carboxylic acid groups (broad SMARTS) is 1. The minimum atomic E-state index is -0.813. The Hall–Kier alpha value is -1.58. The van der Waals surface area contributed by atoms with Gasteiger partial charge in [0.25, 0.3) is 0 Å². The smallest absolute Gasteiger partial charge is 0.305 e. The Balaban J connectivity index is 2.23. The molecule has 0 amide bonds. The molecule has 2 heterocycles. The maximum atomic E-state index is 10.4. The highest BCUT2D eigenvalue weighted by atomic mass is 16.4. The number of aromatic nitrogens is 1. The number of hydrogen-bond donors (Lipinski definition) is 1. The van der Waals surface area contributed by atoms with Crippen LogP contribution in [-0.2, 0) is 4.79 Å². The van der Waals surface area contributed by atoms with Crippen LogP contribution in [0.1, 0.15) is 18.2 Å². The highest BCUT2D eigenvalue weighted by Gasteiger charge is 2.20. The van der Waals surface area contributed by atoms with E-state index in [0.29, 0.717) is 0 Å². The van der Waals surface area contributed by atoms with Crippen LogP contribution in [0.3, 0.4) is 0 Å². The third kappa shape index (κ3) is 1.01. The summed E-state index contributed by atoms with van der Waals surface area (Å²) in [6, 6.07) is 3.58. The van der Waals surface area contributed by atoms with Crippen molar-refractivity contribution in [3.63, 3.8) is 0 Å². The zero-order chi connectivity index (χ0) is 8.55. The second-order valence-electron chi connectivity index (χ2n) is 2.72. The molecule has 4 nitrogen and oxygen atoms in total. The number of hydrogen-bond acceptors (Lipinski definition) is 2. The molecule has 0 bridgehead atoms. The topological polar surface area (TPSA) is 54.6 Å². The number of aliphatic carboxylic acids is 1. The van der Waals surface area contributed by atoms with Crippen molar-refractivity contribution in [1.29, 1.82) is 0 Å². The number of carboxylic acids is 1. The minimum Gasteiger partial charge on any atom is -0.481 e. The Morgan fingerprint density at radius 1 is 1.75 bits per heavy atom. The minimum absolute atomic E-state index is 0.0700. The van der Waals surface area contributed by atoms with E-state index in [4.69, 9.17) is 5.11 Å². The summed E-state index contributed by atoms with van der Waals surface area (Å²) < 4.78 is 1.84. The fourth-order valence-electron chi connectivity index (χ4n) is 1.35. The van der Waals surface area contributed by atoms with Crippen LogP contribution in [0.15, 0.2) is 23.3 Å². The van der Waals surface area contributed by atoms with Gasteiger partial charge in [-0.3, -0.25) is 9.79 Å². The van der Waals surface area contributed by atoms with Crippen LogP contribution in [0, 0.1) is 0 Å². The maximum absolute atomic E-state index is 10.4. The van der Waals surface area contributed by atoms with Crippen molar-refractivity contribution < 1.29 is 9.90 Å². The van der Waals surface area contributed by atoms with E-state index < -0.39 is 5.97 Å². The second kappa shape index (κ2) is 2.48. The molecular weight excluding hydrogens is 156 g/mol. The summed E-state index contributed by atoms with van der Waals surface area (Å²) in [5, 5.41) is 8.55. The van der Waals surface area contributed by atoms with E-state index in [0.717, 1.165) is 5.69 Å². The van der Waals surface area contributed by atoms with Gasteiger partial charge in [0.2, 0.25) is 0 Å². The number of fused-ring (bicyclic) bond motifs is 1. The molecule has 1 aliphatic rings. The Morgan fingerprint density at radius 2 is 2.58 bits per heavy atom. The van der Waals surface area contributed by atoms with Gasteiger partial charge in [-0.05, 0) is 12.1 Å². The number of rotatable bonds is 2. The lowest BCUT2D eigenvalue weighted by Gasteiger charge is -2.02. The first-order valence-corrected chi connectivity index (χ1v) is 3.69. The zero-order valence-electron chi connectivity index (χ0n) is 6.34. The quantitative estimate of drug-likeness (QED) is 0.705. The predicted molar refractivity (Wildman–Crippen MR) is 43.3 cm³/mol. The van der Waals surface area contributed by atoms with Gasteiger partial charge in [-0.25, -0.2) is 0 Å². The van der Waals surface area contributed by atoms with Crippen molar-refractivity contribution in [2.45, 2.75) is 12.5 Å². The van der Waals surface area contributed by atoms with Crippen molar-refractivity contribution >= 4 is 12.3 Å². The molecule has 0 fully saturated rings. The lowest BCUT2D eigenvalue weighted by atomic mass is 10.1. The molecule has 4 heteroatoms. The molecule has 0 spiro atoms. The van der Waals surface area contributed by atoms with E-state index in [1.165, 1.54) is 0 Å². The van der Waals surface area contributed by atoms with Crippen molar-refractivity contribution in [3.05, 3.63) is 24.0 Å². The van der Waals surface area contributed by atoms with Crippen molar-refractivity contribution in [1.82, 2.24) is 4.57 Å². The van der Waals surface area contributed by atoms with E-state index in [9.17, 15) is 4.79 Å². The van der Waals surface area contributed by atoms with Gasteiger partial charge in [-0.1, -0.05) is 0 Å². The normalized spacial score (nSPS) is 19.5. The lowest BCUT2D eigenvalue weighted by molar-refractivity contribution is -0.137. The molecular formula is C8H8N2O2. The van der Waals surface area contributed by atoms with E-state index in [-0.39, 0.29) is 12.5 Å². The van der Waals surface area contributed by atoms with E-state index in [2.05, 4.69) is 4.99 Å². The third-order valence-electron chi connectivity index (χ3n) is 1.89. The van der Waals surface area contributed by atoms with Gasteiger partial charge in [0.15, 0.2) is 0 Å². The van der Waals surface area contributed by atoms with Crippen LogP contribution in [0.25, 0.3) is 0 Å². The molecule has 1 atom stereocenters. The molecule has 0 aliphatic carbocycles. The summed E-state index contributed by atoms with van der Waals surface area (Å²) in [4.78, 5) is 14.5. The lowest BCUT2D eigenvalue weighted by Crippen LogP contribution is -2.02. The van der Waals surface area contributed by atoms with Crippen LogP contribution in [0.2, 0.25) is 0 Å². The number of carbonyl (C=O) groups is 1. The molecule has 12 heavy (non-hydrogen) atoms. The standard InChI is InChI=1S/C8H8N2O2/c11-8(12)4-6-7-2-1-3-10(7)5-9-6/h1-3,5-6H,4H2,(H,11,12). The van der Waals surface area contributed by atoms with Gasteiger partial charge in [0.05, 0.1) is 12.8 Å². The first-order chi connectivity index (χ1) is 5.77. The molecule has 62 valence electrons. The van der Waals surface area contributed by atoms with Crippen molar-refractivity contribution in [2.24, 2.45) is 4.99 Å². The zero-order valence-corrected chi connectivity index (χ0v) is 6.34.